The molecule has 22 heavy (non-hydrogen) atoms. The Kier molecular flexibility index (Phi) is 6.77. The molecule has 1 unspecified atom stereocenters. The molecular weight excluding hydrogens is 294 g/mol. The molecule has 0 fully saturated rings. The Morgan fingerprint density at radius 3 is 2.68 bits per heavy atom. The van der Waals surface area contributed by atoms with Gasteiger partial charge in [-0.3, -0.25) is 14.9 Å². The number of amides is 1. The predicted molar refractivity (Wildman–Crippen MR) is 77.6 cm³/mol. The molecule has 0 aliphatic rings. The van der Waals surface area contributed by atoms with Crippen molar-refractivity contribution in [2.24, 2.45) is 0 Å². The first-order valence-corrected chi connectivity index (χ1v) is 6.44. The maximum Gasteiger partial charge on any atom is 0.326 e. The second-order valence-electron chi connectivity index (χ2n) is 4.37. The average molecular weight is 311 g/mol. The molecule has 0 bridgehead atoms. The minimum Gasteiger partial charge on any atom is -0.480 e. The van der Waals surface area contributed by atoms with E-state index in [2.05, 4.69) is 10.6 Å². The molecule has 3 N–H and O–H groups in total. The molecule has 1 atom stereocenters. The molecule has 0 aliphatic carbocycles. The molecule has 1 aromatic rings. The van der Waals surface area contributed by atoms with Crippen molar-refractivity contribution in [1.82, 2.24) is 5.32 Å². The van der Waals surface area contributed by atoms with Crippen molar-refractivity contribution in [3.63, 3.8) is 0 Å². The van der Waals surface area contributed by atoms with Gasteiger partial charge in [0.2, 0.25) is 5.91 Å². The van der Waals surface area contributed by atoms with Crippen molar-refractivity contribution in [2.75, 3.05) is 25.6 Å². The average Bonchev–Trinajstić information content (AvgIpc) is 2.49. The van der Waals surface area contributed by atoms with Crippen molar-refractivity contribution >= 4 is 23.3 Å². The molecule has 0 saturated carbocycles. The number of para-hydroxylation sites is 2. The monoisotopic (exact) mass is 311 g/mol. The molecule has 1 amide bonds. The highest BCUT2D eigenvalue weighted by atomic mass is 16.6. The number of nitro benzene ring substituents is 1. The first-order chi connectivity index (χ1) is 10.5. The minimum atomic E-state index is -1.17. The van der Waals surface area contributed by atoms with Crippen LogP contribution in [0, 0.1) is 10.1 Å². The standard InChI is InChI=1S/C13H17N3O6/c1-22-7-6-10(13(18)19)15-12(17)8-14-9-4-2-3-5-11(9)16(20)21/h2-5,10,14H,6-8H2,1H3,(H,15,17)(H,18,19). The number of benzene rings is 1. The fraction of sp³-hybridized carbons (Fsp3) is 0.385. The van der Waals surface area contributed by atoms with Crippen LogP contribution in [0.15, 0.2) is 24.3 Å². The summed E-state index contributed by atoms with van der Waals surface area (Å²) in [7, 11) is 1.43. The van der Waals surface area contributed by atoms with Crippen LogP contribution in [0.5, 0.6) is 0 Å². The molecule has 0 spiro atoms. The largest absolute Gasteiger partial charge is 0.480 e. The third-order valence-electron chi connectivity index (χ3n) is 2.78. The van der Waals surface area contributed by atoms with Gasteiger partial charge in [-0.2, -0.15) is 0 Å². The molecule has 120 valence electrons. The number of carbonyl (C=O) groups is 2. The molecular formula is C13H17N3O6. The number of carboxylic acids is 1. The highest BCUT2D eigenvalue weighted by Crippen LogP contribution is 2.22. The number of nitrogens with one attached hydrogen (secondary N) is 2. The molecule has 9 nitrogen and oxygen atoms in total. The van der Waals surface area contributed by atoms with Crippen LogP contribution in [-0.4, -0.2) is 48.2 Å². The van der Waals surface area contributed by atoms with Gasteiger partial charge in [-0.05, 0) is 6.07 Å². The van der Waals surface area contributed by atoms with Gasteiger partial charge in [-0.15, -0.1) is 0 Å². The Balaban J connectivity index is 2.59. The second-order valence-corrected chi connectivity index (χ2v) is 4.37. The maximum absolute atomic E-state index is 11.7. The summed E-state index contributed by atoms with van der Waals surface area (Å²) < 4.78 is 4.77. The molecule has 0 radical (unpaired) electrons. The van der Waals surface area contributed by atoms with Crippen molar-refractivity contribution in [1.29, 1.82) is 0 Å². The Hall–Kier alpha value is -2.68. The van der Waals surface area contributed by atoms with Crippen LogP contribution >= 0.6 is 0 Å². The first kappa shape index (κ1) is 17.4. The number of rotatable bonds is 9. The molecule has 9 heteroatoms. The lowest BCUT2D eigenvalue weighted by Crippen LogP contribution is -2.43. The van der Waals surface area contributed by atoms with E-state index in [9.17, 15) is 19.7 Å². The Labute approximate surface area is 126 Å². The van der Waals surface area contributed by atoms with E-state index in [0.29, 0.717) is 0 Å². The van der Waals surface area contributed by atoms with Crippen LogP contribution in [0.3, 0.4) is 0 Å². The van der Waals surface area contributed by atoms with Crippen LogP contribution < -0.4 is 10.6 Å². The van der Waals surface area contributed by atoms with Gasteiger partial charge in [0.05, 0.1) is 11.5 Å². The van der Waals surface area contributed by atoms with Gasteiger partial charge in [0.1, 0.15) is 11.7 Å². The zero-order valence-electron chi connectivity index (χ0n) is 11.9. The highest BCUT2D eigenvalue weighted by Gasteiger charge is 2.20. The normalized spacial score (nSPS) is 11.5. The van der Waals surface area contributed by atoms with E-state index in [0.717, 1.165) is 0 Å². The minimum absolute atomic E-state index is 0.128. The summed E-state index contributed by atoms with van der Waals surface area (Å²) in [5, 5.41) is 24.7. The summed E-state index contributed by atoms with van der Waals surface area (Å²) in [5.41, 5.74) is 0.0240. The zero-order chi connectivity index (χ0) is 16.5. The van der Waals surface area contributed by atoms with E-state index < -0.39 is 22.8 Å². The van der Waals surface area contributed by atoms with Gasteiger partial charge >= 0.3 is 5.97 Å². The van der Waals surface area contributed by atoms with Gasteiger partial charge < -0.3 is 20.5 Å². The van der Waals surface area contributed by atoms with E-state index in [4.69, 9.17) is 9.84 Å². The summed E-state index contributed by atoms with van der Waals surface area (Å²) in [5.74, 6) is -1.75. The zero-order valence-corrected chi connectivity index (χ0v) is 11.9. The van der Waals surface area contributed by atoms with Crippen molar-refractivity contribution in [3.05, 3.63) is 34.4 Å². The third kappa shape index (κ3) is 5.37. The van der Waals surface area contributed by atoms with E-state index in [-0.39, 0.29) is 30.9 Å². The number of hydrogen-bond acceptors (Lipinski definition) is 6. The van der Waals surface area contributed by atoms with Crippen LogP contribution in [0.25, 0.3) is 0 Å². The number of ether oxygens (including phenoxy) is 1. The van der Waals surface area contributed by atoms with E-state index in [1.165, 1.54) is 25.3 Å². The summed E-state index contributed by atoms with van der Waals surface area (Å²) >= 11 is 0. The van der Waals surface area contributed by atoms with Gasteiger partial charge in [0.25, 0.3) is 5.69 Å². The Bertz CT molecular complexity index is 548. The van der Waals surface area contributed by atoms with Gasteiger partial charge in [0.15, 0.2) is 0 Å². The number of anilines is 1. The van der Waals surface area contributed by atoms with E-state index in [1.54, 1.807) is 6.07 Å². The summed E-state index contributed by atoms with van der Waals surface area (Å²) in [6.07, 6.45) is 0.128. The van der Waals surface area contributed by atoms with E-state index >= 15 is 0 Å². The van der Waals surface area contributed by atoms with Crippen molar-refractivity contribution in [3.8, 4) is 0 Å². The molecule has 0 heterocycles. The lowest BCUT2D eigenvalue weighted by Gasteiger charge is -2.14. The molecule has 1 rings (SSSR count). The Morgan fingerprint density at radius 1 is 1.41 bits per heavy atom. The smallest absolute Gasteiger partial charge is 0.326 e. The van der Waals surface area contributed by atoms with Crippen molar-refractivity contribution < 1.29 is 24.4 Å². The predicted octanol–water partition coefficient (Wildman–Crippen LogP) is 0.613. The lowest BCUT2D eigenvalue weighted by molar-refractivity contribution is -0.383. The number of carboxylic acid groups (broad SMARTS) is 1. The number of methoxy groups -OCH3 is 1. The number of nitrogens with zero attached hydrogens (tertiary/aromatic N) is 1. The number of aliphatic carboxylic acids is 1. The van der Waals surface area contributed by atoms with Gasteiger partial charge in [-0.25, -0.2) is 4.79 Å². The third-order valence-corrected chi connectivity index (χ3v) is 2.78. The number of carbonyl (C=O) groups excluding carboxylic acids is 1. The van der Waals surface area contributed by atoms with Crippen molar-refractivity contribution in [2.45, 2.75) is 12.5 Å². The summed E-state index contributed by atoms with van der Waals surface area (Å²) in [6.45, 7) is -0.0869. The van der Waals surface area contributed by atoms with Gasteiger partial charge in [0, 0.05) is 26.2 Å². The Morgan fingerprint density at radius 2 is 2.09 bits per heavy atom. The molecule has 0 aliphatic heterocycles. The van der Waals surface area contributed by atoms with Crippen LogP contribution in [-0.2, 0) is 14.3 Å². The van der Waals surface area contributed by atoms with Crippen LogP contribution in [0.4, 0.5) is 11.4 Å². The SMILES string of the molecule is COCCC(NC(=O)CNc1ccccc1[N+](=O)[O-])C(=O)O. The van der Waals surface area contributed by atoms with Gasteiger partial charge in [-0.1, -0.05) is 12.1 Å². The number of hydrogen-bond donors (Lipinski definition) is 3. The van der Waals surface area contributed by atoms with Crippen LogP contribution in [0.2, 0.25) is 0 Å². The van der Waals surface area contributed by atoms with Crippen LogP contribution in [0.1, 0.15) is 6.42 Å². The van der Waals surface area contributed by atoms with E-state index in [1.807, 2.05) is 0 Å². The molecule has 0 saturated heterocycles. The fourth-order valence-corrected chi connectivity index (χ4v) is 1.70. The summed E-state index contributed by atoms with van der Waals surface area (Å²) in [6, 6.07) is 4.80. The number of nitro groups is 1. The topological polar surface area (TPSA) is 131 Å². The maximum atomic E-state index is 11.7. The molecule has 0 aromatic heterocycles. The second kappa shape index (κ2) is 8.57. The summed E-state index contributed by atoms with van der Waals surface area (Å²) in [4.78, 5) is 33.0. The highest BCUT2D eigenvalue weighted by molar-refractivity contribution is 5.86. The lowest BCUT2D eigenvalue weighted by atomic mass is 10.2. The molecule has 1 aromatic carbocycles. The quantitative estimate of drug-likeness (QED) is 0.450. The fourth-order valence-electron chi connectivity index (χ4n) is 1.70. The first-order valence-electron chi connectivity index (χ1n) is 6.44.